The van der Waals surface area contributed by atoms with E-state index in [0.29, 0.717) is 0 Å². The third kappa shape index (κ3) is 2.21. The zero-order chi connectivity index (χ0) is 11.5. The Hall–Kier alpha value is -1.84. The van der Waals surface area contributed by atoms with Crippen LogP contribution < -0.4 is 4.90 Å². The van der Waals surface area contributed by atoms with Crippen LogP contribution in [0.3, 0.4) is 0 Å². The van der Waals surface area contributed by atoms with Gasteiger partial charge >= 0.3 is 5.97 Å². The van der Waals surface area contributed by atoms with Crippen molar-refractivity contribution in [1.29, 1.82) is 0 Å². The first-order chi connectivity index (χ1) is 7.66. The minimum absolute atomic E-state index is 0.101. The summed E-state index contributed by atoms with van der Waals surface area (Å²) in [6.45, 7) is 3.90. The molecule has 2 rings (SSSR count). The molecule has 16 heavy (non-hydrogen) atoms. The summed E-state index contributed by atoms with van der Waals surface area (Å²) in [6.07, 6.45) is 4.75. The summed E-state index contributed by atoms with van der Waals surface area (Å²) < 4.78 is 0. The van der Waals surface area contributed by atoms with Crippen LogP contribution in [-0.2, 0) is 0 Å². The highest BCUT2D eigenvalue weighted by molar-refractivity contribution is 5.86. The number of hydrogen-bond donors (Lipinski definition) is 1. The highest BCUT2D eigenvalue weighted by atomic mass is 16.4. The number of anilines is 1. The van der Waals surface area contributed by atoms with Gasteiger partial charge < -0.3 is 10.0 Å². The van der Waals surface area contributed by atoms with Crippen LogP contribution >= 0.6 is 0 Å². The summed E-state index contributed by atoms with van der Waals surface area (Å²) >= 11 is 0. The smallest absolute Gasteiger partial charge is 0.354 e. The quantitative estimate of drug-likeness (QED) is 0.771. The van der Waals surface area contributed by atoms with Crippen molar-refractivity contribution in [2.24, 2.45) is 0 Å². The number of rotatable bonds is 2. The number of aromatic carboxylic acids is 1. The fraction of sp³-hybridized carbons (Fsp3) is 0.333. The van der Waals surface area contributed by atoms with Crippen molar-refractivity contribution in [2.45, 2.75) is 13.3 Å². The standard InChI is InChI=1S/C12H14N2O2/c1-9-3-6-14(7-4-9)10-2-5-13-11(8-10)12(15)16/h2-3,5,8H,4,6-7H2,1H3,(H,15,16). The molecular formula is C12H14N2O2. The third-order valence-corrected chi connectivity index (χ3v) is 2.76. The van der Waals surface area contributed by atoms with Crippen molar-refractivity contribution in [3.05, 3.63) is 35.7 Å². The average Bonchev–Trinajstić information content (AvgIpc) is 2.30. The Morgan fingerprint density at radius 2 is 2.38 bits per heavy atom. The lowest BCUT2D eigenvalue weighted by molar-refractivity contribution is 0.0690. The number of aromatic nitrogens is 1. The Morgan fingerprint density at radius 3 is 3.00 bits per heavy atom. The normalized spacial score (nSPS) is 15.8. The van der Waals surface area contributed by atoms with Crippen LogP contribution in [0.25, 0.3) is 0 Å². The molecule has 1 N–H and O–H groups in total. The molecule has 0 fully saturated rings. The van der Waals surface area contributed by atoms with Crippen molar-refractivity contribution in [3.8, 4) is 0 Å². The maximum absolute atomic E-state index is 10.8. The Balaban J connectivity index is 2.21. The molecule has 0 unspecified atom stereocenters. The van der Waals surface area contributed by atoms with Gasteiger partial charge in [-0.1, -0.05) is 11.6 Å². The lowest BCUT2D eigenvalue weighted by atomic mass is 10.1. The van der Waals surface area contributed by atoms with E-state index in [1.807, 2.05) is 6.07 Å². The molecule has 0 saturated heterocycles. The highest BCUT2D eigenvalue weighted by Gasteiger charge is 2.12. The van der Waals surface area contributed by atoms with Gasteiger partial charge in [0.05, 0.1) is 0 Å². The number of carboxylic acids is 1. The van der Waals surface area contributed by atoms with Crippen molar-refractivity contribution in [1.82, 2.24) is 4.98 Å². The third-order valence-electron chi connectivity index (χ3n) is 2.76. The molecule has 0 bridgehead atoms. The molecule has 0 atom stereocenters. The van der Waals surface area contributed by atoms with E-state index >= 15 is 0 Å². The summed E-state index contributed by atoms with van der Waals surface area (Å²) in [7, 11) is 0. The fourth-order valence-electron chi connectivity index (χ4n) is 1.74. The summed E-state index contributed by atoms with van der Waals surface area (Å²) in [6, 6.07) is 3.47. The highest BCUT2D eigenvalue weighted by Crippen LogP contribution is 2.19. The van der Waals surface area contributed by atoms with E-state index < -0.39 is 5.97 Å². The molecule has 0 saturated carbocycles. The first-order valence-electron chi connectivity index (χ1n) is 5.27. The van der Waals surface area contributed by atoms with E-state index in [1.54, 1.807) is 12.3 Å². The Kier molecular flexibility index (Phi) is 2.90. The number of carboxylic acid groups (broad SMARTS) is 1. The zero-order valence-corrected chi connectivity index (χ0v) is 9.18. The predicted octanol–water partition coefficient (Wildman–Crippen LogP) is 1.94. The van der Waals surface area contributed by atoms with Gasteiger partial charge in [0.2, 0.25) is 0 Å². The van der Waals surface area contributed by atoms with E-state index in [0.717, 1.165) is 25.2 Å². The second-order valence-electron chi connectivity index (χ2n) is 3.95. The van der Waals surface area contributed by atoms with Crippen molar-refractivity contribution in [3.63, 3.8) is 0 Å². The minimum Gasteiger partial charge on any atom is -0.477 e. The lowest BCUT2D eigenvalue weighted by Crippen LogP contribution is -2.28. The monoisotopic (exact) mass is 218 g/mol. The van der Waals surface area contributed by atoms with E-state index in [9.17, 15) is 4.79 Å². The van der Waals surface area contributed by atoms with Gasteiger partial charge in [-0.05, 0) is 25.5 Å². The number of hydrogen-bond acceptors (Lipinski definition) is 3. The van der Waals surface area contributed by atoms with Crippen molar-refractivity contribution < 1.29 is 9.90 Å². The molecule has 0 aromatic carbocycles. The topological polar surface area (TPSA) is 53.4 Å². The number of pyridine rings is 1. The second-order valence-corrected chi connectivity index (χ2v) is 3.95. The molecule has 2 heterocycles. The molecule has 1 aliphatic rings. The average molecular weight is 218 g/mol. The molecule has 1 aliphatic heterocycles. The maximum Gasteiger partial charge on any atom is 0.354 e. The molecule has 4 heteroatoms. The first kappa shape index (κ1) is 10.7. The van der Waals surface area contributed by atoms with E-state index in [2.05, 4.69) is 22.9 Å². The van der Waals surface area contributed by atoms with Crippen LogP contribution in [0.2, 0.25) is 0 Å². The van der Waals surface area contributed by atoms with Crippen LogP contribution in [0.5, 0.6) is 0 Å². The Labute approximate surface area is 94.2 Å². The maximum atomic E-state index is 10.8. The van der Waals surface area contributed by atoms with E-state index in [4.69, 9.17) is 5.11 Å². The molecular weight excluding hydrogens is 204 g/mol. The van der Waals surface area contributed by atoms with E-state index in [-0.39, 0.29) is 5.69 Å². The molecule has 0 radical (unpaired) electrons. The predicted molar refractivity (Wildman–Crippen MR) is 61.8 cm³/mol. The molecule has 1 aromatic heterocycles. The number of nitrogens with zero attached hydrogens (tertiary/aromatic N) is 2. The van der Waals surface area contributed by atoms with Crippen LogP contribution in [0.1, 0.15) is 23.8 Å². The minimum atomic E-state index is -0.981. The van der Waals surface area contributed by atoms with Crippen LogP contribution in [0, 0.1) is 0 Å². The van der Waals surface area contributed by atoms with Crippen molar-refractivity contribution >= 4 is 11.7 Å². The second kappa shape index (κ2) is 4.35. The van der Waals surface area contributed by atoms with Gasteiger partial charge in [-0.15, -0.1) is 0 Å². The molecule has 0 aliphatic carbocycles. The van der Waals surface area contributed by atoms with Crippen LogP contribution in [-0.4, -0.2) is 29.1 Å². The molecule has 0 spiro atoms. The van der Waals surface area contributed by atoms with Gasteiger partial charge in [0.25, 0.3) is 0 Å². The van der Waals surface area contributed by atoms with Crippen LogP contribution in [0.15, 0.2) is 30.0 Å². The largest absolute Gasteiger partial charge is 0.477 e. The van der Waals surface area contributed by atoms with Gasteiger partial charge in [-0.2, -0.15) is 0 Å². The van der Waals surface area contributed by atoms with Crippen LogP contribution in [0.4, 0.5) is 5.69 Å². The molecule has 1 aromatic rings. The van der Waals surface area contributed by atoms with Crippen molar-refractivity contribution in [2.75, 3.05) is 18.0 Å². The number of carbonyl (C=O) groups is 1. The summed E-state index contributed by atoms with van der Waals surface area (Å²) in [5.74, 6) is -0.981. The summed E-state index contributed by atoms with van der Waals surface area (Å²) in [5, 5.41) is 8.86. The fourth-order valence-corrected chi connectivity index (χ4v) is 1.74. The molecule has 84 valence electrons. The SMILES string of the molecule is CC1=CCN(c2ccnc(C(=O)O)c2)CC1. The van der Waals surface area contributed by atoms with E-state index in [1.165, 1.54) is 5.57 Å². The summed E-state index contributed by atoms with van der Waals surface area (Å²) in [5.41, 5.74) is 2.42. The zero-order valence-electron chi connectivity index (χ0n) is 9.18. The van der Waals surface area contributed by atoms with Gasteiger partial charge in [-0.25, -0.2) is 9.78 Å². The summed E-state index contributed by atoms with van der Waals surface area (Å²) in [4.78, 5) is 16.8. The van der Waals surface area contributed by atoms with Gasteiger partial charge in [0.1, 0.15) is 5.69 Å². The Morgan fingerprint density at radius 1 is 1.56 bits per heavy atom. The van der Waals surface area contributed by atoms with Gasteiger partial charge in [0.15, 0.2) is 0 Å². The lowest BCUT2D eigenvalue weighted by Gasteiger charge is -2.27. The molecule has 0 amide bonds. The molecule has 4 nitrogen and oxygen atoms in total. The van der Waals surface area contributed by atoms with Gasteiger partial charge in [0, 0.05) is 25.0 Å². The Bertz CT molecular complexity index is 440. The first-order valence-corrected chi connectivity index (χ1v) is 5.27. The van der Waals surface area contributed by atoms with Gasteiger partial charge in [-0.3, -0.25) is 0 Å².